The minimum atomic E-state index is 0.138. The van der Waals surface area contributed by atoms with Gasteiger partial charge in [0.05, 0.1) is 0 Å². The average molecular weight is 394 g/mol. The van der Waals surface area contributed by atoms with Crippen LogP contribution in [0.2, 0.25) is 0 Å². The van der Waals surface area contributed by atoms with E-state index in [0.717, 1.165) is 60.3 Å². The second-order valence-electron chi connectivity index (χ2n) is 8.31. The van der Waals surface area contributed by atoms with Gasteiger partial charge in [0.15, 0.2) is 0 Å². The van der Waals surface area contributed by atoms with Crippen LogP contribution in [0.25, 0.3) is 0 Å². The lowest BCUT2D eigenvalue weighted by molar-refractivity contribution is 0.0745. The van der Waals surface area contributed by atoms with Crippen LogP contribution in [-0.2, 0) is 0 Å². The van der Waals surface area contributed by atoms with Gasteiger partial charge in [-0.15, -0.1) is 0 Å². The molecule has 2 fully saturated rings. The number of amides is 1. The molecule has 0 saturated carbocycles. The molecule has 4 rings (SSSR count). The van der Waals surface area contributed by atoms with Gasteiger partial charge in [-0.05, 0) is 51.7 Å². The Hall–Kier alpha value is -2.63. The highest BCUT2D eigenvalue weighted by Crippen LogP contribution is 2.22. The largest absolute Gasteiger partial charge is 0.353 e. The van der Waals surface area contributed by atoms with Crippen molar-refractivity contribution in [2.24, 2.45) is 0 Å². The first kappa shape index (κ1) is 19.7. The summed E-state index contributed by atoms with van der Waals surface area (Å²) in [4.78, 5) is 29.1. The summed E-state index contributed by atoms with van der Waals surface area (Å²) in [6.07, 6.45) is 3.73. The van der Waals surface area contributed by atoms with Gasteiger partial charge in [-0.2, -0.15) is 4.98 Å². The van der Waals surface area contributed by atoms with Crippen molar-refractivity contribution < 1.29 is 4.79 Å². The number of nitrogens with zero attached hydrogens (tertiary/aromatic N) is 5. The maximum Gasteiger partial charge on any atom is 0.254 e. The van der Waals surface area contributed by atoms with Crippen LogP contribution >= 0.6 is 0 Å². The number of aromatic nitrogens is 2. The van der Waals surface area contributed by atoms with E-state index in [-0.39, 0.29) is 5.91 Å². The van der Waals surface area contributed by atoms with E-state index in [0.29, 0.717) is 13.1 Å². The first-order valence-corrected chi connectivity index (χ1v) is 10.7. The summed E-state index contributed by atoms with van der Waals surface area (Å²) in [5.74, 6) is 1.98. The van der Waals surface area contributed by atoms with Gasteiger partial charge in [-0.25, -0.2) is 4.98 Å². The van der Waals surface area contributed by atoms with Crippen LogP contribution in [0.1, 0.15) is 46.4 Å². The molecule has 1 aromatic heterocycles. The topological polar surface area (TPSA) is 52.6 Å². The minimum absolute atomic E-state index is 0.138. The Morgan fingerprint density at radius 2 is 1.55 bits per heavy atom. The molecule has 0 radical (unpaired) electrons. The zero-order valence-electron chi connectivity index (χ0n) is 17.8. The van der Waals surface area contributed by atoms with Crippen LogP contribution in [0.15, 0.2) is 24.3 Å². The van der Waals surface area contributed by atoms with Crippen molar-refractivity contribution in [3.63, 3.8) is 0 Å². The molecule has 0 unspecified atom stereocenters. The molecule has 2 aliphatic rings. The highest BCUT2D eigenvalue weighted by Gasteiger charge is 2.25. The number of carbonyl (C=O) groups is 1. The Morgan fingerprint density at radius 1 is 0.828 bits per heavy atom. The fourth-order valence-corrected chi connectivity index (χ4v) is 4.21. The molecule has 6 heteroatoms. The SMILES string of the molecule is Cc1ccc(C)c(C(=O)N2CCN(c3cc(C)nc(N4CCCCC4)n3)CC2)c1. The molecule has 2 saturated heterocycles. The molecule has 1 aromatic carbocycles. The number of hydrogen-bond acceptors (Lipinski definition) is 5. The Bertz CT molecular complexity index is 883. The molecule has 0 bridgehead atoms. The molecule has 0 atom stereocenters. The summed E-state index contributed by atoms with van der Waals surface area (Å²) < 4.78 is 0. The molecular weight excluding hydrogens is 362 g/mol. The molecule has 0 N–H and O–H groups in total. The second kappa shape index (κ2) is 8.39. The number of anilines is 2. The third kappa shape index (κ3) is 4.36. The third-order valence-corrected chi connectivity index (χ3v) is 5.98. The van der Waals surface area contributed by atoms with E-state index < -0.39 is 0 Å². The summed E-state index contributed by atoms with van der Waals surface area (Å²) in [6, 6.07) is 8.16. The lowest BCUT2D eigenvalue weighted by Crippen LogP contribution is -2.49. The predicted octanol–water partition coefficient (Wildman–Crippen LogP) is 3.35. The van der Waals surface area contributed by atoms with E-state index >= 15 is 0 Å². The number of aryl methyl sites for hydroxylation is 3. The molecule has 0 spiro atoms. The van der Waals surface area contributed by atoms with Gasteiger partial charge in [0, 0.05) is 56.6 Å². The lowest BCUT2D eigenvalue weighted by Gasteiger charge is -2.36. The maximum atomic E-state index is 13.0. The Labute approximate surface area is 173 Å². The summed E-state index contributed by atoms with van der Waals surface area (Å²) in [5, 5.41) is 0. The van der Waals surface area contributed by atoms with E-state index in [4.69, 9.17) is 4.98 Å². The van der Waals surface area contributed by atoms with Gasteiger partial charge in [0.1, 0.15) is 5.82 Å². The van der Waals surface area contributed by atoms with Crippen molar-refractivity contribution in [1.82, 2.24) is 14.9 Å². The standard InChI is InChI=1S/C23H31N5O/c1-17-7-8-18(2)20(15-17)22(29)27-13-11-26(12-14-27)21-16-19(3)24-23(25-21)28-9-5-4-6-10-28/h7-8,15-16H,4-6,9-14H2,1-3H3. The van der Waals surface area contributed by atoms with Crippen molar-refractivity contribution in [1.29, 1.82) is 0 Å². The molecular formula is C23H31N5O. The van der Waals surface area contributed by atoms with E-state index in [1.54, 1.807) is 0 Å². The Morgan fingerprint density at radius 3 is 2.28 bits per heavy atom. The van der Waals surface area contributed by atoms with Gasteiger partial charge in [0.25, 0.3) is 5.91 Å². The maximum absolute atomic E-state index is 13.0. The first-order chi connectivity index (χ1) is 14.0. The normalized spacial score (nSPS) is 17.6. The van der Waals surface area contributed by atoms with Crippen molar-refractivity contribution in [3.8, 4) is 0 Å². The number of piperazine rings is 1. The van der Waals surface area contributed by atoms with E-state index in [1.807, 2.05) is 37.8 Å². The van der Waals surface area contributed by atoms with Crippen molar-refractivity contribution in [2.75, 3.05) is 49.1 Å². The molecule has 29 heavy (non-hydrogen) atoms. The molecule has 1 amide bonds. The molecule has 154 valence electrons. The quantitative estimate of drug-likeness (QED) is 0.800. The average Bonchev–Trinajstić information content (AvgIpc) is 2.75. The second-order valence-corrected chi connectivity index (χ2v) is 8.31. The number of rotatable bonds is 3. The zero-order valence-corrected chi connectivity index (χ0v) is 17.8. The summed E-state index contributed by atoms with van der Waals surface area (Å²) in [7, 11) is 0. The number of benzene rings is 1. The number of hydrogen-bond donors (Lipinski definition) is 0. The highest BCUT2D eigenvalue weighted by atomic mass is 16.2. The molecule has 3 heterocycles. The molecule has 0 aliphatic carbocycles. The Kier molecular flexibility index (Phi) is 5.69. The monoisotopic (exact) mass is 393 g/mol. The van der Waals surface area contributed by atoms with Crippen molar-refractivity contribution in [2.45, 2.75) is 40.0 Å². The summed E-state index contributed by atoms with van der Waals surface area (Å²) in [6.45, 7) is 11.2. The fraction of sp³-hybridized carbons (Fsp3) is 0.522. The minimum Gasteiger partial charge on any atom is -0.353 e. The lowest BCUT2D eigenvalue weighted by atomic mass is 10.0. The van der Waals surface area contributed by atoms with Gasteiger partial charge < -0.3 is 14.7 Å². The molecule has 2 aromatic rings. The van der Waals surface area contributed by atoms with Crippen LogP contribution in [0.4, 0.5) is 11.8 Å². The van der Waals surface area contributed by atoms with Gasteiger partial charge >= 0.3 is 0 Å². The smallest absolute Gasteiger partial charge is 0.254 e. The first-order valence-electron chi connectivity index (χ1n) is 10.7. The predicted molar refractivity (Wildman–Crippen MR) is 117 cm³/mol. The van der Waals surface area contributed by atoms with Crippen LogP contribution in [0.3, 0.4) is 0 Å². The number of carbonyl (C=O) groups excluding carboxylic acids is 1. The summed E-state index contributed by atoms with van der Waals surface area (Å²) >= 11 is 0. The Balaban J connectivity index is 1.45. The van der Waals surface area contributed by atoms with Gasteiger partial charge in [-0.1, -0.05) is 17.7 Å². The van der Waals surface area contributed by atoms with Crippen LogP contribution in [0, 0.1) is 20.8 Å². The van der Waals surface area contributed by atoms with Crippen molar-refractivity contribution >= 4 is 17.7 Å². The van der Waals surface area contributed by atoms with Crippen LogP contribution < -0.4 is 9.80 Å². The van der Waals surface area contributed by atoms with Gasteiger partial charge in [0.2, 0.25) is 5.95 Å². The van der Waals surface area contributed by atoms with E-state index in [1.165, 1.54) is 19.3 Å². The van der Waals surface area contributed by atoms with Crippen LogP contribution in [0.5, 0.6) is 0 Å². The highest BCUT2D eigenvalue weighted by molar-refractivity contribution is 5.96. The third-order valence-electron chi connectivity index (χ3n) is 5.98. The molecule has 2 aliphatic heterocycles. The van der Waals surface area contributed by atoms with E-state index in [9.17, 15) is 4.79 Å². The van der Waals surface area contributed by atoms with E-state index in [2.05, 4.69) is 26.9 Å². The van der Waals surface area contributed by atoms with Crippen molar-refractivity contribution in [3.05, 3.63) is 46.6 Å². The summed E-state index contributed by atoms with van der Waals surface area (Å²) in [5.41, 5.74) is 3.99. The fourth-order valence-electron chi connectivity index (χ4n) is 4.21. The zero-order chi connectivity index (χ0) is 20.4. The van der Waals surface area contributed by atoms with Crippen LogP contribution in [-0.4, -0.2) is 60.0 Å². The van der Waals surface area contributed by atoms with Gasteiger partial charge in [-0.3, -0.25) is 4.79 Å². The number of piperidine rings is 1. The molecule has 6 nitrogen and oxygen atoms in total.